The molecule has 16 heavy (non-hydrogen) atoms. The van der Waals surface area contributed by atoms with Gasteiger partial charge in [-0.1, -0.05) is 0 Å². The number of aromatic nitrogens is 3. The highest BCUT2D eigenvalue weighted by atomic mass is 16.5. The first-order chi connectivity index (χ1) is 7.66. The van der Waals surface area contributed by atoms with Crippen LogP contribution in [0, 0.1) is 0 Å². The zero-order valence-electron chi connectivity index (χ0n) is 9.04. The van der Waals surface area contributed by atoms with Gasteiger partial charge in [0.05, 0.1) is 11.7 Å². The van der Waals surface area contributed by atoms with Gasteiger partial charge in [0.2, 0.25) is 0 Å². The van der Waals surface area contributed by atoms with Gasteiger partial charge in [0.1, 0.15) is 6.33 Å². The smallest absolute Gasteiger partial charge is 0.339 e. The van der Waals surface area contributed by atoms with E-state index >= 15 is 0 Å². The molecule has 0 bridgehead atoms. The normalized spacial score (nSPS) is 10.7. The monoisotopic (exact) mass is 217 g/mol. The minimum Gasteiger partial charge on any atom is -0.459 e. The number of fused-ring (bicyclic) bond motifs is 1. The van der Waals surface area contributed by atoms with Gasteiger partial charge in [-0.15, -0.1) is 0 Å². The second kappa shape index (κ2) is 4.22. The lowest BCUT2D eigenvalue weighted by atomic mass is 10.2. The van der Waals surface area contributed by atoms with Crippen LogP contribution in [0.5, 0.6) is 0 Å². The van der Waals surface area contributed by atoms with Crippen LogP contribution in [0.3, 0.4) is 0 Å². The van der Waals surface area contributed by atoms with Gasteiger partial charge in [0.25, 0.3) is 0 Å². The molecule has 5 nitrogen and oxygen atoms in total. The molecule has 0 N–H and O–H groups in total. The second-order valence-electron chi connectivity index (χ2n) is 3.61. The third-order valence-corrected chi connectivity index (χ3v) is 1.93. The van der Waals surface area contributed by atoms with Crippen molar-refractivity contribution in [1.29, 1.82) is 0 Å². The van der Waals surface area contributed by atoms with E-state index in [0.29, 0.717) is 11.2 Å². The Labute approximate surface area is 92.5 Å². The van der Waals surface area contributed by atoms with Crippen molar-refractivity contribution < 1.29 is 9.53 Å². The Hall–Kier alpha value is -2.04. The third kappa shape index (κ3) is 2.13. The van der Waals surface area contributed by atoms with E-state index < -0.39 is 0 Å². The molecule has 0 radical (unpaired) electrons. The predicted octanol–water partition coefficient (Wildman–Crippen LogP) is 1.59. The molecule has 5 heteroatoms. The number of esters is 1. The van der Waals surface area contributed by atoms with Crippen molar-refractivity contribution in [3.05, 3.63) is 30.4 Å². The first kappa shape index (κ1) is 10.5. The van der Waals surface area contributed by atoms with Gasteiger partial charge in [-0.25, -0.2) is 19.7 Å². The average molecular weight is 217 g/mol. The molecule has 2 rings (SSSR count). The van der Waals surface area contributed by atoms with E-state index in [1.165, 1.54) is 12.5 Å². The van der Waals surface area contributed by atoms with E-state index in [1.54, 1.807) is 26.1 Å². The highest BCUT2D eigenvalue weighted by Crippen LogP contribution is 2.10. The molecule has 0 unspecified atom stereocenters. The number of nitrogens with zero attached hydrogens (tertiary/aromatic N) is 3. The minimum atomic E-state index is -0.381. The molecule has 0 fully saturated rings. The highest BCUT2D eigenvalue weighted by molar-refractivity contribution is 5.92. The summed E-state index contributed by atoms with van der Waals surface area (Å²) in [5.74, 6) is -0.381. The Bertz CT molecular complexity index is 525. The molecule has 0 aliphatic heterocycles. The summed E-state index contributed by atoms with van der Waals surface area (Å²) in [5, 5.41) is 0.723. The first-order valence-corrected chi connectivity index (χ1v) is 4.93. The molecule has 0 saturated heterocycles. The number of carbonyl (C=O) groups is 1. The van der Waals surface area contributed by atoms with Crippen LogP contribution < -0.4 is 0 Å². The maximum atomic E-state index is 11.6. The molecule has 2 aromatic rings. The van der Waals surface area contributed by atoms with Crippen LogP contribution in [0.25, 0.3) is 11.0 Å². The standard InChI is InChI=1S/C11H11N3O2/c1-7(2)16-11(15)9-3-8-4-12-6-14-10(8)13-5-9/h3-7H,1-2H3. The minimum absolute atomic E-state index is 0.143. The summed E-state index contributed by atoms with van der Waals surface area (Å²) in [6.07, 6.45) is 4.35. The van der Waals surface area contributed by atoms with Crippen molar-refractivity contribution in [2.24, 2.45) is 0 Å². The van der Waals surface area contributed by atoms with Gasteiger partial charge in [0, 0.05) is 17.8 Å². The van der Waals surface area contributed by atoms with E-state index in [0.717, 1.165) is 5.39 Å². The van der Waals surface area contributed by atoms with Gasteiger partial charge in [-0.2, -0.15) is 0 Å². The Balaban J connectivity index is 2.35. The van der Waals surface area contributed by atoms with E-state index in [2.05, 4.69) is 15.0 Å². The molecule has 2 heterocycles. The quantitative estimate of drug-likeness (QED) is 0.715. The van der Waals surface area contributed by atoms with Gasteiger partial charge < -0.3 is 4.74 Å². The van der Waals surface area contributed by atoms with Crippen molar-refractivity contribution in [3.8, 4) is 0 Å². The number of hydrogen-bond acceptors (Lipinski definition) is 5. The molecule has 0 aliphatic carbocycles. The fourth-order valence-corrected chi connectivity index (χ4v) is 1.27. The molecular formula is C11H11N3O2. The summed E-state index contributed by atoms with van der Waals surface area (Å²) >= 11 is 0. The molecule has 82 valence electrons. The Morgan fingerprint density at radius 2 is 2.12 bits per heavy atom. The Kier molecular flexibility index (Phi) is 2.76. The summed E-state index contributed by atoms with van der Waals surface area (Å²) < 4.78 is 5.07. The Morgan fingerprint density at radius 1 is 1.31 bits per heavy atom. The predicted molar refractivity (Wildman–Crippen MR) is 57.9 cm³/mol. The van der Waals surface area contributed by atoms with E-state index in [-0.39, 0.29) is 12.1 Å². The van der Waals surface area contributed by atoms with Gasteiger partial charge >= 0.3 is 5.97 Å². The molecule has 0 atom stereocenters. The van der Waals surface area contributed by atoms with Crippen LogP contribution in [-0.2, 0) is 4.74 Å². The SMILES string of the molecule is CC(C)OC(=O)c1cnc2ncncc2c1. The highest BCUT2D eigenvalue weighted by Gasteiger charge is 2.10. The molecule has 0 spiro atoms. The van der Waals surface area contributed by atoms with Crippen LogP contribution in [-0.4, -0.2) is 27.0 Å². The van der Waals surface area contributed by atoms with Crippen LogP contribution >= 0.6 is 0 Å². The summed E-state index contributed by atoms with van der Waals surface area (Å²) in [6, 6.07) is 1.67. The molecule has 0 aromatic carbocycles. The molecular weight excluding hydrogens is 206 g/mol. The fourth-order valence-electron chi connectivity index (χ4n) is 1.27. The fraction of sp³-hybridized carbons (Fsp3) is 0.273. The van der Waals surface area contributed by atoms with Crippen molar-refractivity contribution in [1.82, 2.24) is 15.0 Å². The lowest BCUT2D eigenvalue weighted by Gasteiger charge is -2.07. The number of hydrogen-bond donors (Lipinski definition) is 0. The lowest BCUT2D eigenvalue weighted by Crippen LogP contribution is -2.11. The molecule has 0 amide bonds. The van der Waals surface area contributed by atoms with Crippen molar-refractivity contribution in [3.63, 3.8) is 0 Å². The number of ether oxygens (including phenoxy) is 1. The van der Waals surface area contributed by atoms with Crippen LogP contribution in [0.2, 0.25) is 0 Å². The largest absolute Gasteiger partial charge is 0.459 e. The van der Waals surface area contributed by atoms with Crippen LogP contribution in [0.1, 0.15) is 24.2 Å². The maximum absolute atomic E-state index is 11.6. The third-order valence-electron chi connectivity index (χ3n) is 1.93. The second-order valence-corrected chi connectivity index (χ2v) is 3.61. The number of rotatable bonds is 2. The Morgan fingerprint density at radius 3 is 2.88 bits per heavy atom. The summed E-state index contributed by atoms with van der Waals surface area (Å²) in [7, 11) is 0. The summed E-state index contributed by atoms with van der Waals surface area (Å²) in [4.78, 5) is 23.5. The van der Waals surface area contributed by atoms with Gasteiger partial charge in [-0.05, 0) is 19.9 Å². The number of carbonyl (C=O) groups excluding carboxylic acids is 1. The topological polar surface area (TPSA) is 65.0 Å². The molecule has 0 saturated carbocycles. The van der Waals surface area contributed by atoms with Gasteiger partial charge in [0.15, 0.2) is 5.65 Å². The van der Waals surface area contributed by atoms with Crippen molar-refractivity contribution >= 4 is 17.0 Å². The van der Waals surface area contributed by atoms with Crippen LogP contribution in [0.4, 0.5) is 0 Å². The lowest BCUT2D eigenvalue weighted by molar-refractivity contribution is 0.0377. The number of pyridine rings is 1. The average Bonchev–Trinajstić information content (AvgIpc) is 2.27. The summed E-state index contributed by atoms with van der Waals surface area (Å²) in [6.45, 7) is 3.60. The van der Waals surface area contributed by atoms with E-state index in [4.69, 9.17) is 4.74 Å². The van der Waals surface area contributed by atoms with Crippen LogP contribution in [0.15, 0.2) is 24.8 Å². The van der Waals surface area contributed by atoms with Crippen molar-refractivity contribution in [2.75, 3.05) is 0 Å². The molecule has 2 aromatic heterocycles. The molecule has 0 aliphatic rings. The van der Waals surface area contributed by atoms with E-state index in [9.17, 15) is 4.79 Å². The summed E-state index contributed by atoms with van der Waals surface area (Å²) in [5.41, 5.74) is 0.979. The first-order valence-electron chi connectivity index (χ1n) is 4.93. The zero-order chi connectivity index (χ0) is 11.5. The van der Waals surface area contributed by atoms with E-state index in [1.807, 2.05) is 0 Å². The van der Waals surface area contributed by atoms with Crippen molar-refractivity contribution in [2.45, 2.75) is 20.0 Å². The van der Waals surface area contributed by atoms with Gasteiger partial charge in [-0.3, -0.25) is 0 Å². The zero-order valence-corrected chi connectivity index (χ0v) is 9.04. The maximum Gasteiger partial charge on any atom is 0.339 e.